The van der Waals surface area contributed by atoms with Crippen molar-refractivity contribution in [3.63, 3.8) is 0 Å². The standard InChI is InChI=1S/C11H24N2/c1-9-7-13(6)10(8-12(9)5)11(2,3)4/h9-10H,7-8H2,1-6H3. The molecule has 0 aromatic carbocycles. The Hall–Kier alpha value is -0.0800. The molecule has 2 nitrogen and oxygen atoms in total. The summed E-state index contributed by atoms with van der Waals surface area (Å²) in [4.78, 5) is 4.97. The van der Waals surface area contributed by atoms with Crippen LogP contribution in [0.3, 0.4) is 0 Å². The molecule has 2 heteroatoms. The topological polar surface area (TPSA) is 6.48 Å². The highest BCUT2D eigenvalue weighted by Gasteiger charge is 2.34. The first kappa shape index (κ1) is 11.0. The Labute approximate surface area is 82.9 Å². The molecule has 1 saturated heterocycles. The van der Waals surface area contributed by atoms with Gasteiger partial charge in [0.2, 0.25) is 0 Å². The Kier molecular flexibility index (Phi) is 3.03. The van der Waals surface area contributed by atoms with Crippen molar-refractivity contribution in [1.29, 1.82) is 0 Å². The smallest absolute Gasteiger partial charge is 0.0269 e. The second kappa shape index (κ2) is 3.58. The first-order valence-electron chi connectivity index (χ1n) is 5.23. The van der Waals surface area contributed by atoms with E-state index >= 15 is 0 Å². The van der Waals surface area contributed by atoms with E-state index in [4.69, 9.17) is 0 Å². The summed E-state index contributed by atoms with van der Waals surface area (Å²) < 4.78 is 0. The van der Waals surface area contributed by atoms with Crippen LogP contribution >= 0.6 is 0 Å². The van der Waals surface area contributed by atoms with Crippen molar-refractivity contribution in [2.45, 2.75) is 39.8 Å². The minimum Gasteiger partial charge on any atom is -0.301 e. The Bertz CT molecular complexity index is 171. The highest BCUT2D eigenvalue weighted by Crippen LogP contribution is 2.27. The highest BCUT2D eigenvalue weighted by atomic mass is 15.3. The molecule has 1 heterocycles. The van der Waals surface area contributed by atoms with Crippen LogP contribution < -0.4 is 0 Å². The lowest BCUT2D eigenvalue weighted by atomic mass is 9.84. The van der Waals surface area contributed by atoms with E-state index in [1.807, 2.05) is 0 Å². The highest BCUT2D eigenvalue weighted by molar-refractivity contribution is 4.90. The number of nitrogens with zero attached hydrogens (tertiary/aromatic N) is 2. The van der Waals surface area contributed by atoms with Crippen LogP contribution in [-0.2, 0) is 0 Å². The Morgan fingerprint density at radius 1 is 1.00 bits per heavy atom. The van der Waals surface area contributed by atoms with Crippen LogP contribution in [0.15, 0.2) is 0 Å². The van der Waals surface area contributed by atoms with Gasteiger partial charge in [-0.25, -0.2) is 0 Å². The fraction of sp³-hybridized carbons (Fsp3) is 1.00. The van der Waals surface area contributed by atoms with Gasteiger partial charge in [0, 0.05) is 25.2 Å². The molecular formula is C11H24N2. The molecule has 2 unspecified atom stereocenters. The van der Waals surface area contributed by atoms with E-state index in [0.29, 0.717) is 17.5 Å². The van der Waals surface area contributed by atoms with Gasteiger partial charge >= 0.3 is 0 Å². The molecule has 1 aliphatic heterocycles. The number of likely N-dealkylation sites (N-methyl/N-ethyl adjacent to an activating group) is 2. The van der Waals surface area contributed by atoms with Gasteiger partial charge in [-0.1, -0.05) is 20.8 Å². The fourth-order valence-electron chi connectivity index (χ4n) is 2.21. The maximum Gasteiger partial charge on any atom is 0.0269 e. The molecule has 0 bridgehead atoms. The molecule has 78 valence electrons. The number of rotatable bonds is 0. The molecule has 2 atom stereocenters. The lowest BCUT2D eigenvalue weighted by Crippen LogP contribution is -2.58. The van der Waals surface area contributed by atoms with Crippen molar-refractivity contribution >= 4 is 0 Å². The van der Waals surface area contributed by atoms with Crippen LogP contribution in [0.25, 0.3) is 0 Å². The van der Waals surface area contributed by atoms with Crippen LogP contribution in [0, 0.1) is 5.41 Å². The predicted molar refractivity (Wildman–Crippen MR) is 58.0 cm³/mol. The van der Waals surface area contributed by atoms with Gasteiger partial charge in [0.15, 0.2) is 0 Å². The first-order chi connectivity index (χ1) is 5.82. The molecule has 0 aromatic rings. The van der Waals surface area contributed by atoms with E-state index in [0.717, 1.165) is 0 Å². The molecule has 1 fully saturated rings. The van der Waals surface area contributed by atoms with Crippen molar-refractivity contribution < 1.29 is 0 Å². The molecule has 0 radical (unpaired) electrons. The van der Waals surface area contributed by atoms with E-state index < -0.39 is 0 Å². The maximum absolute atomic E-state index is 2.50. The van der Waals surface area contributed by atoms with E-state index in [2.05, 4.69) is 51.6 Å². The van der Waals surface area contributed by atoms with E-state index in [9.17, 15) is 0 Å². The van der Waals surface area contributed by atoms with Crippen molar-refractivity contribution in [3.05, 3.63) is 0 Å². The zero-order chi connectivity index (χ0) is 10.2. The summed E-state index contributed by atoms with van der Waals surface area (Å²) in [5, 5.41) is 0. The zero-order valence-corrected chi connectivity index (χ0v) is 9.96. The molecule has 0 aliphatic carbocycles. The summed E-state index contributed by atoms with van der Waals surface area (Å²) in [7, 11) is 4.48. The molecule has 13 heavy (non-hydrogen) atoms. The molecule has 0 N–H and O–H groups in total. The third kappa shape index (κ3) is 2.44. The average molecular weight is 184 g/mol. The van der Waals surface area contributed by atoms with Crippen molar-refractivity contribution in [1.82, 2.24) is 9.80 Å². The summed E-state index contributed by atoms with van der Waals surface area (Å²) >= 11 is 0. The van der Waals surface area contributed by atoms with Crippen molar-refractivity contribution in [3.8, 4) is 0 Å². The Morgan fingerprint density at radius 3 is 2.00 bits per heavy atom. The van der Waals surface area contributed by atoms with E-state index in [-0.39, 0.29) is 0 Å². The molecular weight excluding hydrogens is 160 g/mol. The largest absolute Gasteiger partial charge is 0.301 e. The van der Waals surface area contributed by atoms with Gasteiger partial charge in [-0.2, -0.15) is 0 Å². The third-order valence-electron chi connectivity index (χ3n) is 3.30. The Morgan fingerprint density at radius 2 is 1.54 bits per heavy atom. The minimum absolute atomic E-state index is 0.392. The van der Waals surface area contributed by atoms with Gasteiger partial charge in [-0.15, -0.1) is 0 Å². The molecule has 0 saturated carbocycles. The molecule has 0 aromatic heterocycles. The summed E-state index contributed by atoms with van der Waals surface area (Å²) in [6.45, 7) is 11.7. The third-order valence-corrected chi connectivity index (χ3v) is 3.30. The number of hydrogen-bond donors (Lipinski definition) is 0. The fourth-order valence-corrected chi connectivity index (χ4v) is 2.21. The van der Waals surface area contributed by atoms with Gasteiger partial charge in [0.1, 0.15) is 0 Å². The summed E-state index contributed by atoms with van der Waals surface area (Å²) in [5.41, 5.74) is 0.392. The van der Waals surface area contributed by atoms with Crippen LogP contribution in [0.1, 0.15) is 27.7 Å². The normalized spacial score (nSPS) is 33.7. The first-order valence-corrected chi connectivity index (χ1v) is 5.23. The van der Waals surface area contributed by atoms with E-state index in [1.54, 1.807) is 0 Å². The second-order valence-electron chi connectivity index (χ2n) is 5.61. The van der Waals surface area contributed by atoms with Gasteiger partial charge < -0.3 is 9.80 Å². The van der Waals surface area contributed by atoms with Crippen LogP contribution in [0.2, 0.25) is 0 Å². The van der Waals surface area contributed by atoms with Gasteiger partial charge in [-0.3, -0.25) is 0 Å². The Balaban J connectivity index is 2.67. The summed E-state index contributed by atoms with van der Waals surface area (Å²) in [6, 6.07) is 1.39. The SMILES string of the molecule is CC1CN(C)C(C(C)(C)C)CN1C. The van der Waals surface area contributed by atoms with Gasteiger partial charge in [-0.05, 0) is 26.4 Å². The maximum atomic E-state index is 2.50. The molecule has 0 amide bonds. The van der Waals surface area contributed by atoms with Crippen molar-refractivity contribution in [2.24, 2.45) is 5.41 Å². The van der Waals surface area contributed by atoms with Crippen molar-refractivity contribution in [2.75, 3.05) is 27.2 Å². The lowest BCUT2D eigenvalue weighted by Gasteiger charge is -2.47. The van der Waals surface area contributed by atoms with Gasteiger partial charge in [0.05, 0.1) is 0 Å². The average Bonchev–Trinajstić information content (AvgIpc) is 1.94. The molecule has 1 aliphatic rings. The van der Waals surface area contributed by atoms with Gasteiger partial charge in [0.25, 0.3) is 0 Å². The molecule has 1 rings (SSSR count). The lowest BCUT2D eigenvalue weighted by molar-refractivity contribution is 0.0165. The summed E-state index contributed by atoms with van der Waals surface area (Å²) in [6.07, 6.45) is 0. The predicted octanol–water partition coefficient (Wildman–Crippen LogP) is 1.67. The summed E-state index contributed by atoms with van der Waals surface area (Å²) in [5.74, 6) is 0. The monoisotopic (exact) mass is 184 g/mol. The minimum atomic E-state index is 0.392. The van der Waals surface area contributed by atoms with Crippen LogP contribution in [-0.4, -0.2) is 49.1 Å². The molecule has 0 spiro atoms. The van der Waals surface area contributed by atoms with Crippen LogP contribution in [0.4, 0.5) is 0 Å². The second-order valence-corrected chi connectivity index (χ2v) is 5.61. The van der Waals surface area contributed by atoms with E-state index in [1.165, 1.54) is 13.1 Å². The number of piperazine rings is 1. The number of hydrogen-bond acceptors (Lipinski definition) is 2. The quantitative estimate of drug-likeness (QED) is 0.565. The van der Waals surface area contributed by atoms with Crippen LogP contribution in [0.5, 0.6) is 0 Å². The zero-order valence-electron chi connectivity index (χ0n) is 9.96.